The summed E-state index contributed by atoms with van der Waals surface area (Å²) < 4.78 is 8.01. The largest absolute Gasteiger partial charge is 0.464 e. The van der Waals surface area contributed by atoms with Crippen LogP contribution in [0.5, 0.6) is 0 Å². The Labute approximate surface area is 211 Å². The van der Waals surface area contributed by atoms with Crippen LogP contribution in [0.2, 0.25) is 0 Å². The number of aryl methyl sites for hydroxylation is 1. The molecule has 0 atom stereocenters. The fourth-order valence-electron chi connectivity index (χ4n) is 5.72. The highest BCUT2D eigenvalue weighted by molar-refractivity contribution is 5.90. The van der Waals surface area contributed by atoms with E-state index in [1.54, 1.807) is 0 Å². The third-order valence-corrected chi connectivity index (χ3v) is 7.80. The number of esters is 1. The second kappa shape index (κ2) is 13.2. The van der Waals surface area contributed by atoms with Crippen LogP contribution in [0.1, 0.15) is 69.5 Å². The van der Waals surface area contributed by atoms with Gasteiger partial charge in [0.1, 0.15) is 6.61 Å². The Kier molecular flexibility index (Phi) is 9.78. The highest BCUT2D eigenvalue weighted by Crippen LogP contribution is 2.30. The van der Waals surface area contributed by atoms with Gasteiger partial charge >= 0.3 is 5.97 Å². The number of benzene rings is 1. The number of ether oxygens (including phenoxy) is 1. The third kappa shape index (κ3) is 6.95. The molecule has 6 nitrogen and oxygen atoms in total. The Morgan fingerprint density at radius 2 is 1.71 bits per heavy atom. The van der Waals surface area contributed by atoms with E-state index in [9.17, 15) is 4.79 Å². The second-order valence-electron chi connectivity index (χ2n) is 10.3. The van der Waals surface area contributed by atoms with Gasteiger partial charge < -0.3 is 15.4 Å². The first-order valence-electron chi connectivity index (χ1n) is 14.0. The molecule has 2 heterocycles. The Morgan fingerprint density at radius 1 is 0.971 bits per heavy atom. The number of unbranched alkanes of at least 4 members (excludes halogenated alkanes) is 3. The smallest absolute Gasteiger partial charge is 0.305 e. The molecule has 2 aliphatic rings. The van der Waals surface area contributed by atoms with Crippen molar-refractivity contribution in [2.45, 2.75) is 77.7 Å². The Hall–Kier alpha value is -2.18. The lowest BCUT2D eigenvalue weighted by atomic mass is 9.92. The lowest BCUT2D eigenvalue weighted by Gasteiger charge is -2.34. The molecule has 1 aliphatic heterocycles. The van der Waals surface area contributed by atoms with Crippen molar-refractivity contribution in [3.05, 3.63) is 35.5 Å². The molecular weight excluding hydrogens is 436 g/mol. The van der Waals surface area contributed by atoms with Crippen LogP contribution >= 0.6 is 0 Å². The topological polar surface area (TPSA) is 62.7 Å². The number of carbonyl (C=O) groups excluding carboxylic acids is 1. The fourth-order valence-corrected chi connectivity index (χ4v) is 5.72. The van der Waals surface area contributed by atoms with Crippen molar-refractivity contribution in [1.82, 2.24) is 9.80 Å². The highest BCUT2D eigenvalue weighted by atomic mass is 16.5. The molecule has 1 aromatic heterocycles. The molecule has 2 N–H and O–H groups in total. The predicted octanol–water partition coefficient (Wildman–Crippen LogP) is 4.11. The molecule has 1 fully saturated rings. The van der Waals surface area contributed by atoms with Crippen LogP contribution in [-0.4, -0.2) is 61.6 Å². The first kappa shape index (κ1) is 25.9. The third-order valence-electron chi connectivity index (χ3n) is 7.80. The van der Waals surface area contributed by atoms with Crippen LogP contribution in [0, 0.1) is 0 Å². The van der Waals surface area contributed by atoms with Crippen molar-refractivity contribution in [1.29, 1.82) is 0 Å². The maximum atomic E-state index is 11.9. The summed E-state index contributed by atoms with van der Waals surface area (Å²) in [5.74, 6) is -0.0328. The Morgan fingerprint density at radius 3 is 2.51 bits per heavy atom. The van der Waals surface area contributed by atoms with Gasteiger partial charge in [-0.15, -0.1) is 0 Å². The molecular formula is C29H45N4O2+. The van der Waals surface area contributed by atoms with Crippen molar-refractivity contribution < 1.29 is 14.1 Å². The minimum Gasteiger partial charge on any atom is -0.464 e. The second-order valence-corrected chi connectivity index (χ2v) is 10.3. The van der Waals surface area contributed by atoms with E-state index in [-0.39, 0.29) is 5.97 Å². The van der Waals surface area contributed by atoms with Gasteiger partial charge in [-0.2, -0.15) is 4.57 Å². The minimum atomic E-state index is -0.0328. The van der Waals surface area contributed by atoms with E-state index >= 15 is 0 Å². The fraction of sp³-hybridized carbons (Fsp3) is 0.655. The summed E-state index contributed by atoms with van der Waals surface area (Å²) in [6.45, 7) is 10.0. The van der Waals surface area contributed by atoms with Crippen molar-refractivity contribution in [3.8, 4) is 0 Å². The average molecular weight is 482 g/mol. The zero-order valence-electron chi connectivity index (χ0n) is 21.8. The molecule has 4 rings (SSSR count). The van der Waals surface area contributed by atoms with Gasteiger partial charge in [0, 0.05) is 70.2 Å². The lowest BCUT2D eigenvalue weighted by Crippen LogP contribution is -2.48. The quantitative estimate of drug-likeness (QED) is 0.281. The summed E-state index contributed by atoms with van der Waals surface area (Å²) in [5, 5.41) is 1.21. The summed E-state index contributed by atoms with van der Waals surface area (Å²) in [6, 6.07) is 8.65. The number of rotatable bonds is 12. The number of hydrogen-bond donors (Lipinski definition) is 1. The van der Waals surface area contributed by atoms with Gasteiger partial charge in [0.15, 0.2) is 12.2 Å². The van der Waals surface area contributed by atoms with E-state index in [1.807, 2.05) is 0 Å². The van der Waals surface area contributed by atoms with E-state index < -0.39 is 0 Å². The number of para-hydroxylation sites is 1. The standard InChI is InChI=1S/C29H44N4O2/c1-2-3-4-5-15-28(34)35-23-22-32-20-18-31(19-21-32)16-10-17-33-26-13-8-6-11-24(26)29(30)25-12-7-9-14-27(25)33/h6,8,11,13,30H,2-5,7,9-10,12,14-23H2,1H3/p+1. The van der Waals surface area contributed by atoms with Gasteiger partial charge in [0.2, 0.25) is 5.52 Å². The number of aromatic nitrogens is 1. The SMILES string of the molecule is CCCCCCC(=O)OCCN1CCN(CCC[n+]2c3c(c(N)c4ccccc42)CCCC3)CC1. The average Bonchev–Trinajstić information content (AvgIpc) is 2.89. The molecule has 1 saturated heterocycles. The maximum absolute atomic E-state index is 11.9. The Bertz CT molecular complexity index is 969. The first-order valence-corrected chi connectivity index (χ1v) is 14.0. The summed E-state index contributed by atoms with van der Waals surface area (Å²) >= 11 is 0. The predicted molar refractivity (Wildman–Crippen MR) is 142 cm³/mol. The van der Waals surface area contributed by atoms with Crippen LogP contribution < -0.4 is 10.3 Å². The van der Waals surface area contributed by atoms with Crippen LogP contribution in [0.25, 0.3) is 10.9 Å². The molecule has 0 spiro atoms. The van der Waals surface area contributed by atoms with Crippen LogP contribution in [0.15, 0.2) is 24.3 Å². The number of carbonyl (C=O) groups is 1. The van der Waals surface area contributed by atoms with Crippen LogP contribution in [0.3, 0.4) is 0 Å². The number of pyridine rings is 1. The molecule has 0 amide bonds. The van der Waals surface area contributed by atoms with Crippen molar-refractivity contribution in [3.63, 3.8) is 0 Å². The summed E-state index contributed by atoms with van der Waals surface area (Å²) in [6.07, 6.45) is 11.0. The van der Waals surface area contributed by atoms with E-state index in [0.717, 1.165) is 83.6 Å². The van der Waals surface area contributed by atoms with E-state index in [2.05, 4.69) is 45.6 Å². The van der Waals surface area contributed by atoms with Crippen molar-refractivity contribution >= 4 is 22.6 Å². The van der Waals surface area contributed by atoms with Gasteiger partial charge in [-0.1, -0.05) is 38.3 Å². The normalized spacial score (nSPS) is 16.9. The summed E-state index contributed by atoms with van der Waals surface area (Å²) in [7, 11) is 0. The van der Waals surface area contributed by atoms with Crippen LogP contribution in [0.4, 0.5) is 5.69 Å². The number of fused-ring (bicyclic) bond motifs is 2. The molecule has 1 aliphatic carbocycles. The van der Waals surface area contributed by atoms with E-state index in [4.69, 9.17) is 10.5 Å². The molecule has 0 radical (unpaired) electrons. The number of nitrogens with two attached hydrogens (primary N) is 1. The summed E-state index contributed by atoms with van der Waals surface area (Å²) in [4.78, 5) is 16.9. The molecule has 1 aromatic carbocycles. The molecule has 35 heavy (non-hydrogen) atoms. The molecule has 2 aromatic rings. The van der Waals surface area contributed by atoms with Gasteiger partial charge in [-0.3, -0.25) is 9.69 Å². The van der Waals surface area contributed by atoms with Gasteiger partial charge in [-0.25, -0.2) is 0 Å². The van der Waals surface area contributed by atoms with E-state index in [0.29, 0.717) is 13.0 Å². The first-order chi connectivity index (χ1) is 17.2. The Balaban J connectivity index is 1.20. The number of nitrogens with zero attached hydrogens (tertiary/aromatic N) is 3. The van der Waals surface area contributed by atoms with E-state index in [1.165, 1.54) is 47.8 Å². The monoisotopic (exact) mass is 481 g/mol. The molecule has 0 unspecified atom stereocenters. The van der Waals surface area contributed by atoms with Crippen molar-refractivity contribution in [2.75, 3.05) is 51.6 Å². The molecule has 6 heteroatoms. The van der Waals surface area contributed by atoms with Gasteiger partial charge in [0.05, 0.1) is 11.1 Å². The number of piperazine rings is 1. The minimum absolute atomic E-state index is 0.0328. The molecule has 0 bridgehead atoms. The van der Waals surface area contributed by atoms with Gasteiger partial charge in [-0.05, 0) is 31.7 Å². The lowest BCUT2D eigenvalue weighted by molar-refractivity contribution is -0.679. The van der Waals surface area contributed by atoms with Crippen molar-refractivity contribution in [2.24, 2.45) is 0 Å². The van der Waals surface area contributed by atoms with Crippen LogP contribution in [-0.2, 0) is 28.9 Å². The number of nitrogen functional groups attached to an aromatic ring is 1. The zero-order valence-corrected chi connectivity index (χ0v) is 21.8. The highest BCUT2D eigenvalue weighted by Gasteiger charge is 2.27. The number of anilines is 1. The summed E-state index contributed by atoms with van der Waals surface area (Å²) in [5.41, 5.74) is 11.8. The number of hydrogen-bond acceptors (Lipinski definition) is 5. The van der Waals surface area contributed by atoms with Gasteiger partial charge in [0.25, 0.3) is 0 Å². The molecule has 192 valence electrons. The zero-order chi connectivity index (χ0) is 24.5. The molecule has 0 saturated carbocycles. The maximum Gasteiger partial charge on any atom is 0.305 e.